The van der Waals surface area contributed by atoms with E-state index in [9.17, 15) is 0 Å². The Morgan fingerprint density at radius 3 is 3.05 bits per heavy atom. The summed E-state index contributed by atoms with van der Waals surface area (Å²) in [5, 5.41) is 8.81. The summed E-state index contributed by atoms with van der Waals surface area (Å²) in [5.74, 6) is 5.74. The first kappa shape index (κ1) is 14.1. The smallest absolute Gasteiger partial charge is 0.104 e. The molecule has 0 aliphatic carbocycles. The van der Waals surface area contributed by atoms with Crippen LogP contribution in [0.25, 0.3) is 0 Å². The van der Waals surface area contributed by atoms with Gasteiger partial charge in [-0.1, -0.05) is 37.0 Å². The predicted molar refractivity (Wildman–Crippen MR) is 75.7 cm³/mol. The minimum atomic E-state index is -0.0935. The molecule has 0 bridgehead atoms. The van der Waals surface area contributed by atoms with E-state index in [0.717, 1.165) is 38.2 Å². The van der Waals surface area contributed by atoms with Crippen LogP contribution in [0, 0.1) is 11.8 Å². The molecular weight excluding hydrogens is 238 g/mol. The highest BCUT2D eigenvalue weighted by Crippen LogP contribution is 2.15. The summed E-state index contributed by atoms with van der Waals surface area (Å²) in [6, 6.07) is 8.14. The van der Waals surface area contributed by atoms with Gasteiger partial charge in [0, 0.05) is 25.2 Å². The third kappa shape index (κ3) is 4.07. The molecule has 1 unspecified atom stereocenters. The van der Waals surface area contributed by atoms with Crippen molar-refractivity contribution in [2.75, 3.05) is 26.3 Å². The third-order valence-electron chi connectivity index (χ3n) is 3.39. The molecule has 1 atom stereocenters. The number of ether oxygens (including phenoxy) is 1. The van der Waals surface area contributed by atoms with Crippen LogP contribution in [-0.2, 0) is 11.3 Å². The maximum absolute atomic E-state index is 8.81. The summed E-state index contributed by atoms with van der Waals surface area (Å²) in [4.78, 5) is 2.41. The lowest BCUT2D eigenvalue weighted by Gasteiger charge is -2.32. The van der Waals surface area contributed by atoms with Crippen LogP contribution in [0.1, 0.15) is 24.5 Å². The van der Waals surface area contributed by atoms with Crippen molar-refractivity contribution in [3.63, 3.8) is 0 Å². The molecule has 2 rings (SSSR count). The lowest BCUT2D eigenvalue weighted by Crippen LogP contribution is -2.41. The normalized spacial score (nSPS) is 19.8. The molecule has 1 aliphatic rings. The van der Waals surface area contributed by atoms with Crippen LogP contribution in [0.15, 0.2) is 24.3 Å². The zero-order chi connectivity index (χ0) is 13.5. The summed E-state index contributed by atoms with van der Waals surface area (Å²) in [6.07, 6.45) is 1.41. The highest BCUT2D eigenvalue weighted by atomic mass is 16.5. The van der Waals surface area contributed by atoms with Gasteiger partial charge in [-0.05, 0) is 18.1 Å². The Hall–Kier alpha value is -1.34. The molecule has 1 aliphatic heterocycles. The maximum Gasteiger partial charge on any atom is 0.104 e. The molecule has 1 saturated heterocycles. The van der Waals surface area contributed by atoms with Crippen molar-refractivity contribution in [2.45, 2.75) is 26.0 Å². The molecule has 19 heavy (non-hydrogen) atoms. The van der Waals surface area contributed by atoms with E-state index in [1.807, 2.05) is 18.2 Å². The topological polar surface area (TPSA) is 32.7 Å². The fraction of sp³-hybridized carbons (Fsp3) is 0.500. The van der Waals surface area contributed by atoms with Crippen molar-refractivity contribution in [3.05, 3.63) is 35.4 Å². The summed E-state index contributed by atoms with van der Waals surface area (Å²) in [6.45, 7) is 5.73. The van der Waals surface area contributed by atoms with Crippen LogP contribution in [0.2, 0.25) is 0 Å². The molecule has 0 saturated carbocycles. The number of benzene rings is 1. The average Bonchev–Trinajstić information content (AvgIpc) is 2.46. The molecule has 1 fully saturated rings. The number of morpholine rings is 1. The van der Waals surface area contributed by atoms with Crippen molar-refractivity contribution in [1.29, 1.82) is 0 Å². The molecule has 0 amide bonds. The van der Waals surface area contributed by atoms with Crippen LogP contribution >= 0.6 is 0 Å². The molecule has 0 spiro atoms. The third-order valence-corrected chi connectivity index (χ3v) is 3.39. The number of aliphatic hydroxyl groups is 1. The van der Waals surface area contributed by atoms with E-state index < -0.39 is 0 Å². The lowest BCUT2D eigenvalue weighted by molar-refractivity contribution is -0.0324. The van der Waals surface area contributed by atoms with Crippen molar-refractivity contribution in [3.8, 4) is 11.8 Å². The van der Waals surface area contributed by atoms with E-state index in [0.29, 0.717) is 6.10 Å². The van der Waals surface area contributed by atoms with Gasteiger partial charge in [0.2, 0.25) is 0 Å². The van der Waals surface area contributed by atoms with Gasteiger partial charge in [-0.15, -0.1) is 0 Å². The maximum atomic E-state index is 8.81. The molecule has 0 aromatic heterocycles. The van der Waals surface area contributed by atoms with Crippen molar-refractivity contribution in [2.24, 2.45) is 0 Å². The van der Waals surface area contributed by atoms with Crippen molar-refractivity contribution < 1.29 is 9.84 Å². The quantitative estimate of drug-likeness (QED) is 0.838. The second-order valence-corrected chi connectivity index (χ2v) is 4.75. The highest BCUT2D eigenvalue weighted by Gasteiger charge is 2.19. The van der Waals surface area contributed by atoms with E-state index in [2.05, 4.69) is 29.7 Å². The van der Waals surface area contributed by atoms with Crippen LogP contribution in [-0.4, -0.2) is 42.4 Å². The molecular formula is C16H21NO2. The van der Waals surface area contributed by atoms with Gasteiger partial charge in [-0.25, -0.2) is 0 Å². The standard InChI is InChI=1S/C16H21NO2/c1-2-16-13-17(9-11-19-16)12-15-7-4-3-6-14(15)8-5-10-18/h3-4,6-7,16,18H,2,9-13H2,1H3. The van der Waals surface area contributed by atoms with Gasteiger partial charge in [0.05, 0.1) is 12.7 Å². The van der Waals surface area contributed by atoms with E-state index in [1.54, 1.807) is 0 Å². The number of hydrogen-bond acceptors (Lipinski definition) is 3. The zero-order valence-corrected chi connectivity index (χ0v) is 11.4. The van der Waals surface area contributed by atoms with Gasteiger partial charge in [0.25, 0.3) is 0 Å². The second-order valence-electron chi connectivity index (χ2n) is 4.75. The minimum absolute atomic E-state index is 0.0935. The first-order chi connectivity index (χ1) is 9.33. The number of aliphatic hydroxyl groups excluding tert-OH is 1. The van der Waals surface area contributed by atoms with Crippen LogP contribution in [0.4, 0.5) is 0 Å². The summed E-state index contributed by atoms with van der Waals surface area (Å²) >= 11 is 0. The molecule has 102 valence electrons. The van der Waals surface area contributed by atoms with Gasteiger partial charge >= 0.3 is 0 Å². The molecule has 3 nitrogen and oxygen atoms in total. The molecule has 1 aromatic rings. The summed E-state index contributed by atoms with van der Waals surface area (Å²) in [5.41, 5.74) is 2.23. The van der Waals surface area contributed by atoms with Gasteiger partial charge in [0.15, 0.2) is 0 Å². The summed E-state index contributed by atoms with van der Waals surface area (Å²) < 4.78 is 5.69. The Morgan fingerprint density at radius 2 is 2.26 bits per heavy atom. The summed E-state index contributed by atoms with van der Waals surface area (Å²) in [7, 11) is 0. The van der Waals surface area contributed by atoms with Crippen molar-refractivity contribution >= 4 is 0 Å². The Bertz CT molecular complexity index is 461. The average molecular weight is 259 g/mol. The fourth-order valence-electron chi connectivity index (χ4n) is 2.33. The van der Waals surface area contributed by atoms with E-state index in [1.165, 1.54) is 5.56 Å². The zero-order valence-electron chi connectivity index (χ0n) is 11.4. The van der Waals surface area contributed by atoms with E-state index in [-0.39, 0.29) is 6.61 Å². The van der Waals surface area contributed by atoms with Gasteiger partial charge in [-0.2, -0.15) is 0 Å². The fourth-order valence-corrected chi connectivity index (χ4v) is 2.33. The Labute approximate surface area is 115 Å². The van der Waals surface area contributed by atoms with Gasteiger partial charge < -0.3 is 9.84 Å². The molecule has 1 N–H and O–H groups in total. The highest BCUT2D eigenvalue weighted by molar-refractivity contribution is 5.41. The molecule has 3 heteroatoms. The number of hydrogen-bond donors (Lipinski definition) is 1. The molecule has 1 aromatic carbocycles. The Balaban J connectivity index is 2.06. The molecule has 1 heterocycles. The lowest BCUT2D eigenvalue weighted by atomic mass is 10.1. The monoisotopic (exact) mass is 259 g/mol. The Morgan fingerprint density at radius 1 is 1.42 bits per heavy atom. The van der Waals surface area contributed by atoms with Gasteiger partial charge in [-0.3, -0.25) is 4.90 Å². The Kier molecular flexibility index (Phi) is 5.41. The largest absolute Gasteiger partial charge is 0.384 e. The number of rotatable bonds is 3. The van der Waals surface area contributed by atoms with Gasteiger partial charge in [0.1, 0.15) is 6.61 Å². The van der Waals surface area contributed by atoms with Crippen LogP contribution in [0.5, 0.6) is 0 Å². The predicted octanol–water partition coefficient (Wildman–Crippen LogP) is 1.64. The second kappa shape index (κ2) is 7.30. The van der Waals surface area contributed by atoms with Crippen LogP contribution < -0.4 is 0 Å². The SMILES string of the molecule is CCC1CN(Cc2ccccc2C#CCO)CCO1. The van der Waals surface area contributed by atoms with Crippen LogP contribution in [0.3, 0.4) is 0 Å². The first-order valence-corrected chi connectivity index (χ1v) is 6.85. The molecule has 0 radical (unpaired) electrons. The first-order valence-electron chi connectivity index (χ1n) is 6.85. The van der Waals surface area contributed by atoms with Crippen molar-refractivity contribution in [1.82, 2.24) is 4.90 Å². The van der Waals surface area contributed by atoms with E-state index >= 15 is 0 Å². The minimum Gasteiger partial charge on any atom is -0.384 e. The number of nitrogens with zero attached hydrogens (tertiary/aromatic N) is 1. The van der Waals surface area contributed by atoms with E-state index in [4.69, 9.17) is 9.84 Å².